The molecule has 0 radical (unpaired) electrons. The third-order valence-electron chi connectivity index (χ3n) is 6.71. The van der Waals surface area contributed by atoms with Gasteiger partial charge in [0.25, 0.3) is 0 Å². The number of ether oxygens (including phenoxy) is 1. The molecule has 4 aromatic rings. The normalized spacial score (nSPS) is 19.3. The smallest absolute Gasteiger partial charge is 0.326 e. The van der Waals surface area contributed by atoms with Crippen LogP contribution in [0.4, 0.5) is 4.39 Å². The van der Waals surface area contributed by atoms with Gasteiger partial charge in [-0.05, 0) is 72.6 Å². The van der Waals surface area contributed by atoms with Crippen LogP contribution in [0, 0.1) is 5.82 Å². The summed E-state index contributed by atoms with van der Waals surface area (Å²) in [7, 11) is 2.09. The molecule has 1 N–H and O–H groups in total. The first-order chi connectivity index (χ1) is 16.1. The lowest BCUT2D eigenvalue weighted by Gasteiger charge is -2.13. The molecule has 0 saturated carbocycles. The maximum atomic E-state index is 13.9. The van der Waals surface area contributed by atoms with Crippen molar-refractivity contribution >= 4 is 22.7 Å². The molecule has 2 aliphatic rings. The molecular formula is C27H24FN3O2. The molecule has 1 aromatic heterocycles. The van der Waals surface area contributed by atoms with E-state index in [9.17, 15) is 9.18 Å². The van der Waals surface area contributed by atoms with Gasteiger partial charge in [0.05, 0.1) is 17.1 Å². The number of aromatic nitrogens is 2. The summed E-state index contributed by atoms with van der Waals surface area (Å²) >= 11 is 0. The van der Waals surface area contributed by atoms with Crippen molar-refractivity contribution in [1.29, 1.82) is 0 Å². The van der Waals surface area contributed by atoms with Gasteiger partial charge in [0.2, 0.25) is 0 Å². The Bertz CT molecular complexity index is 1470. The minimum absolute atomic E-state index is 0.0656. The van der Waals surface area contributed by atoms with Gasteiger partial charge in [0.15, 0.2) is 0 Å². The molecule has 0 unspecified atom stereocenters. The van der Waals surface area contributed by atoms with E-state index >= 15 is 0 Å². The Morgan fingerprint density at radius 1 is 1.09 bits per heavy atom. The number of benzene rings is 3. The molecule has 0 bridgehead atoms. The van der Waals surface area contributed by atoms with Crippen LogP contribution in [0.3, 0.4) is 0 Å². The number of aromatic amines is 1. The number of nitrogens with one attached hydrogen (secondary N) is 1. The van der Waals surface area contributed by atoms with Crippen molar-refractivity contribution in [3.05, 3.63) is 99.2 Å². The Hall–Kier alpha value is -3.64. The van der Waals surface area contributed by atoms with E-state index in [-0.39, 0.29) is 17.5 Å². The first kappa shape index (κ1) is 20.0. The highest BCUT2D eigenvalue weighted by atomic mass is 19.1. The molecular weight excluding hydrogens is 417 g/mol. The Morgan fingerprint density at radius 2 is 1.97 bits per heavy atom. The van der Waals surface area contributed by atoms with E-state index in [2.05, 4.69) is 29.1 Å². The molecule has 5 nitrogen and oxygen atoms in total. The summed E-state index contributed by atoms with van der Waals surface area (Å²) in [6.07, 6.45) is 3.06. The monoisotopic (exact) mass is 441 g/mol. The molecule has 3 aromatic carbocycles. The molecule has 166 valence electrons. The third kappa shape index (κ3) is 3.47. The molecule has 2 aliphatic heterocycles. The molecule has 1 fully saturated rings. The Balaban J connectivity index is 1.49. The number of nitrogens with zero attached hydrogens (tertiary/aromatic N) is 2. The average molecular weight is 442 g/mol. The number of rotatable bonds is 2. The van der Waals surface area contributed by atoms with Gasteiger partial charge < -0.3 is 14.6 Å². The van der Waals surface area contributed by atoms with Crippen molar-refractivity contribution in [3.63, 3.8) is 0 Å². The van der Waals surface area contributed by atoms with Crippen molar-refractivity contribution in [2.45, 2.75) is 19.1 Å². The van der Waals surface area contributed by atoms with E-state index in [1.165, 1.54) is 12.1 Å². The van der Waals surface area contributed by atoms with Gasteiger partial charge in [-0.1, -0.05) is 30.3 Å². The van der Waals surface area contributed by atoms with Crippen LogP contribution in [0.25, 0.3) is 22.7 Å². The second kappa shape index (κ2) is 7.74. The van der Waals surface area contributed by atoms with Gasteiger partial charge in [-0.3, -0.25) is 4.57 Å². The predicted molar refractivity (Wildman–Crippen MR) is 128 cm³/mol. The number of imidazole rings is 1. The van der Waals surface area contributed by atoms with Crippen LogP contribution in [-0.4, -0.2) is 34.6 Å². The zero-order valence-corrected chi connectivity index (χ0v) is 18.3. The van der Waals surface area contributed by atoms with Crippen molar-refractivity contribution in [2.75, 3.05) is 20.1 Å². The highest BCUT2D eigenvalue weighted by Gasteiger charge is 2.24. The van der Waals surface area contributed by atoms with E-state index in [1.54, 1.807) is 6.07 Å². The maximum absolute atomic E-state index is 13.9. The third-order valence-corrected chi connectivity index (χ3v) is 6.71. The van der Waals surface area contributed by atoms with Crippen LogP contribution in [0.5, 0.6) is 5.75 Å². The van der Waals surface area contributed by atoms with E-state index < -0.39 is 0 Å². The van der Waals surface area contributed by atoms with E-state index in [1.807, 2.05) is 41.0 Å². The van der Waals surface area contributed by atoms with Crippen molar-refractivity contribution in [2.24, 2.45) is 0 Å². The zero-order valence-electron chi connectivity index (χ0n) is 18.3. The Labute approximate surface area is 190 Å². The molecule has 0 spiro atoms. The van der Waals surface area contributed by atoms with Crippen LogP contribution < -0.4 is 10.4 Å². The average Bonchev–Trinajstić information content (AvgIpc) is 3.33. The maximum Gasteiger partial charge on any atom is 0.326 e. The summed E-state index contributed by atoms with van der Waals surface area (Å²) in [5, 5.41) is 0. The van der Waals surface area contributed by atoms with Gasteiger partial charge in [-0.15, -0.1) is 0 Å². The fourth-order valence-corrected chi connectivity index (χ4v) is 5.09. The highest BCUT2D eigenvalue weighted by molar-refractivity contribution is 5.95. The van der Waals surface area contributed by atoms with Crippen molar-refractivity contribution in [1.82, 2.24) is 14.5 Å². The van der Waals surface area contributed by atoms with E-state index in [0.29, 0.717) is 12.4 Å². The molecule has 3 heterocycles. The Kier molecular flexibility index (Phi) is 4.69. The summed E-state index contributed by atoms with van der Waals surface area (Å²) in [4.78, 5) is 18.1. The van der Waals surface area contributed by atoms with Gasteiger partial charge in [-0.2, -0.15) is 0 Å². The quantitative estimate of drug-likeness (QED) is 0.485. The van der Waals surface area contributed by atoms with E-state index in [0.717, 1.165) is 58.4 Å². The number of H-pyrrole nitrogens is 1. The lowest BCUT2D eigenvalue weighted by molar-refractivity contribution is 0.305. The summed E-state index contributed by atoms with van der Waals surface area (Å²) in [6.45, 7) is 2.26. The second-order valence-electron chi connectivity index (χ2n) is 8.93. The molecule has 1 atom stereocenters. The van der Waals surface area contributed by atoms with Crippen molar-refractivity contribution in [3.8, 4) is 5.75 Å². The molecule has 6 heteroatoms. The lowest BCUT2D eigenvalue weighted by atomic mass is 9.92. The topological polar surface area (TPSA) is 50.3 Å². The fraction of sp³-hybridized carbons (Fsp3) is 0.222. The van der Waals surface area contributed by atoms with Gasteiger partial charge >= 0.3 is 5.69 Å². The minimum atomic E-state index is -0.322. The second-order valence-corrected chi connectivity index (χ2v) is 8.93. The SMILES string of the molecule is CN1CC[C@@H](n2c(=O)[nH]c3cc(C=C4c5ccccc5COc5cc(F)ccc54)ccc32)C1. The summed E-state index contributed by atoms with van der Waals surface area (Å²) < 4.78 is 21.8. The summed E-state index contributed by atoms with van der Waals surface area (Å²) in [5.74, 6) is 0.209. The molecule has 1 saturated heterocycles. The van der Waals surface area contributed by atoms with Crippen molar-refractivity contribution < 1.29 is 9.13 Å². The minimum Gasteiger partial charge on any atom is -0.488 e. The highest BCUT2D eigenvalue weighted by Crippen LogP contribution is 2.38. The zero-order chi connectivity index (χ0) is 22.5. The molecule has 6 rings (SSSR count). The van der Waals surface area contributed by atoms with Gasteiger partial charge in [0, 0.05) is 18.2 Å². The number of hydrogen-bond acceptors (Lipinski definition) is 3. The van der Waals surface area contributed by atoms with Crippen LogP contribution >= 0.6 is 0 Å². The largest absolute Gasteiger partial charge is 0.488 e. The standard InChI is InChI=1S/C27H24FN3O2/c1-30-11-10-20(15-30)31-25-9-6-17(13-24(25)29-27(31)32)12-23-21-5-3-2-4-18(21)16-33-26-14-19(28)7-8-22(23)26/h2-9,12-14,20H,10-11,15-16H2,1H3,(H,29,32)/t20-/m1/s1. The summed E-state index contributed by atoms with van der Waals surface area (Å²) in [6, 6.07) is 19.0. The first-order valence-electron chi connectivity index (χ1n) is 11.2. The molecule has 0 aliphatic carbocycles. The van der Waals surface area contributed by atoms with Gasteiger partial charge in [-0.25, -0.2) is 9.18 Å². The van der Waals surface area contributed by atoms with Gasteiger partial charge in [0.1, 0.15) is 18.2 Å². The Morgan fingerprint density at radius 3 is 2.82 bits per heavy atom. The number of likely N-dealkylation sites (tertiary alicyclic amines) is 1. The number of likely N-dealkylation sites (N-methyl/N-ethyl adjacent to an activating group) is 1. The number of hydrogen-bond donors (Lipinski definition) is 1. The predicted octanol–water partition coefficient (Wildman–Crippen LogP) is 4.83. The number of halogens is 1. The lowest BCUT2D eigenvalue weighted by Crippen LogP contribution is -2.24. The number of fused-ring (bicyclic) bond motifs is 3. The van der Waals surface area contributed by atoms with Crippen LogP contribution in [0.1, 0.15) is 34.7 Å². The molecule has 33 heavy (non-hydrogen) atoms. The van der Waals surface area contributed by atoms with Crippen LogP contribution in [0.15, 0.2) is 65.5 Å². The first-order valence-corrected chi connectivity index (χ1v) is 11.2. The van der Waals surface area contributed by atoms with E-state index in [4.69, 9.17) is 4.74 Å². The fourth-order valence-electron chi connectivity index (χ4n) is 5.09. The van der Waals surface area contributed by atoms with Crippen LogP contribution in [-0.2, 0) is 6.61 Å². The van der Waals surface area contributed by atoms with Crippen LogP contribution in [0.2, 0.25) is 0 Å². The summed E-state index contributed by atoms with van der Waals surface area (Å²) in [5.41, 5.74) is 6.56. The molecule has 0 amide bonds.